The maximum atomic E-state index is 13.3. The fourth-order valence-electron chi connectivity index (χ4n) is 1.66. The van der Waals surface area contributed by atoms with Gasteiger partial charge in [-0.15, -0.1) is 0 Å². The van der Waals surface area contributed by atoms with Gasteiger partial charge in [-0.3, -0.25) is 0 Å². The van der Waals surface area contributed by atoms with E-state index in [1.54, 1.807) is 6.07 Å². The van der Waals surface area contributed by atoms with Crippen molar-refractivity contribution in [1.82, 2.24) is 3.97 Å². The molecule has 0 amide bonds. The van der Waals surface area contributed by atoms with Gasteiger partial charge in [-0.25, -0.2) is 16.8 Å². The molecule has 1 heterocycles. The summed E-state index contributed by atoms with van der Waals surface area (Å²) < 4.78 is 37.3. The number of rotatable bonds is 2. The summed E-state index contributed by atoms with van der Waals surface area (Å²) in [4.78, 5) is 0. The van der Waals surface area contributed by atoms with E-state index in [2.05, 4.69) is 15.9 Å². The average molecular weight is 306 g/mol. The van der Waals surface area contributed by atoms with Gasteiger partial charge >= 0.3 is 0 Å². The van der Waals surface area contributed by atoms with E-state index >= 15 is 0 Å². The number of fused-ring (bicyclic) bond motifs is 1. The predicted molar refractivity (Wildman–Crippen MR) is 64.8 cm³/mol. The Labute approximate surface area is 101 Å². The molecule has 0 bridgehead atoms. The Balaban J connectivity index is 2.88. The molecule has 0 saturated heterocycles. The lowest BCUT2D eigenvalue weighted by atomic mass is 10.1. The first-order valence-electron chi connectivity index (χ1n) is 4.49. The van der Waals surface area contributed by atoms with Crippen LogP contribution in [0.3, 0.4) is 0 Å². The van der Waals surface area contributed by atoms with E-state index in [0.717, 1.165) is 21.2 Å². The van der Waals surface area contributed by atoms with Gasteiger partial charge in [0.2, 0.25) is 10.0 Å². The second-order valence-electron chi connectivity index (χ2n) is 3.51. The van der Waals surface area contributed by atoms with Crippen molar-refractivity contribution in [1.29, 1.82) is 0 Å². The van der Waals surface area contributed by atoms with Gasteiger partial charge in [0.05, 0.1) is 11.8 Å². The highest BCUT2D eigenvalue weighted by Crippen LogP contribution is 2.24. The van der Waals surface area contributed by atoms with Gasteiger partial charge in [0.15, 0.2) is 0 Å². The lowest BCUT2D eigenvalue weighted by molar-refractivity contribution is 0.595. The molecule has 0 aliphatic carbocycles. The SMILES string of the molecule is CS(=O)(=O)n1ccc2c(CBr)cc(F)cc21. The van der Waals surface area contributed by atoms with Crippen LogP contribution in [0.2, 0.25) is 0 Å². The van der Waals surface area contributed by atoms with Gasteiger partial charge in [-0.2, -0.15) is 0 Å². The van der Waals surface area contributed by atoms with Crippen LogP contribution in [0.25, 0.3) is 10.9 Å². The van der Waals surface area contributed by atoms with Crippen LogP contribution >= 0.6 is 15.9 Å². The Kier molecular flexibility index (Phi) is 2.79. The maximum Gasteiger partial charge on any atom is 0.236 e. The van der Waals surface area contributed by atoms with E-state index in [-0.39, 0.29) is 0 Å². The van der Waals surface area contributed by atoms with E-state index in [9.17, 15) is 12.8 Å². The molecular weight excluding hydrogens is 297 g/mol. The van der Waals surface area contributed by atoms with E-state index in [0.29, 0.717) is 10.8 Å². The lowest BCUT2D eigenvalue weighted by Crippen LogP contribution is -2.08. The first-order chi connectivity index (χ1) is 7.43. The third kappa shape index (κ3) is 1.87. The molecule has 0 unspecified atom stereocenters. The Bertz CT molecular complexity index is 648. The Morgan fingerprint density at radius 2 is 2.12 bits per heavy atom. The predicted octanol–water partition coefficient (Wildman–Crippen LogP) is 2.48. The Hall–Kier alpha value is -0.880. The fraction of sp³-hybridized carbons (Fsp3) is 0.200. The molecule has 2 aromatic rings. The summed E-state index contributed by atoms with van der Waals surface area (Å²) in [5.74, 6) is -0.439. The summed E-state index contributed by atoms with van der Waals surface area (Å²) in [6.45, 7) is 0. The molecule has 0 spiro atoms. The molecule has 1 aromatic heterocycles. The van der Waals surface area contributed by atoms with Gasteiger partial charge in [-0.1, -0.05) is 15.9 Å². The zero-order valence-corrected chi connectivity index (χ0v) is 10.8. The number of hydrogen-bond acceptors (Lipinski definition) is 2. The second kappa shape index (κ2) is 3.85. The van der Waals surface area contributed by atoms with Crippen LogP contribution in [0.1, 0.15) is 5.56 Å². The van der Waals surface area contributed by atoms with Gasteiger partial charge in [0, 0.05) is 16.9 Å². The van der Waals surface area contributed by atoms with Gasteiger partial charge in [0.25, 0.3) is 0 Å². The monoisotopic (exact) mass is 305 g/mol. The highest BCUT2D eigenvalue weighted by Gasteiger charge is 2.13. The fourth-order valence-corrected chi connectivity index (χ4v) is 2.91. The quantitative estimate of drug-likeness (QED) is 0.800. The summed E-state index contributed by atoms with van der Waals surface area (Å²) in [6.07, 6.45) is 2.52. The van der Waals surface area contributed by atoms with Crippen LogP contribution in [-0.2, 0) is 15.4 Å². The number of alkyl halides is 1. The van der Waals surface area contributed by atoms with Crippen molar-refractivity contribution in [3.8, 4) is 0 Å². The molecule has 0 saturated carbocycles. The molecule has 1 aromatic carbocycles. The van der Waals surface area contributed by atoms with Gasteiger partial charge in [0.1, 0.15) is 5.82 Å². The minimum atomic E-state index is -3.39. The molecule has 0 atom stereocenters. The smallest absolute Gasteiger partial charge is 0.236 e. The molecule has 0 aliphatic rings. The van der Waals surface area contributed by atoms with E-state index in [4.69, 9.17) is 0 Å². The number of nitrogens with zero attached hydrogens (tertiary/aromatic N) is 1. The molecule has 6 heteroatoms. The Morgan fingerprint density at radius 1 is 1.44 bits per heavy atom. The van der Waals surface area contributed by atoms with Crippen molar-refractivity contribution >= 4 is 36.9 Å². The van der Waals surface area contributed by atoms with Crippen molar-refractivity contribution in [3.05, 3.63) is 35.8 Å². The third-order valence-corrected chi connectivity index (χ3v) is 3.96. The number of aromatic nitrogens is 1. The molecule has 16 heavy (non-hydrogen) atoms. The van der Waals surface area contributed by atoms with Crippen LogP contribution in [0.15, 0.2) is 24.4 Å². The largest absolute Gasteiger partial charge is 0.245 e. The third-order valence-electron chi connectivity index (χ3n) is 2.32. The van der Waals surface area contributed by atoms with Crippen LogP contribution in [0.5, 0.6) is 0 Å². The molecule has 0 N–H and O–H groups in total. The van der Waals surface area contributed by atoms with Crippen molar-refractivity contribution < 1.29 is 12.8 Å². The minimum absolute atomic E-state index is 0.372. The summed E-state index contributed by atoms with van der Waals surface area (Å²) in [6, 6.07) is 4.29. The summed E-state index contributed by atoms with van der Waals surface area (Å²) in [7, 11) is -3.39. The van der Waals surface area contributed by atoms with Gasteiger partial charge in [-0.05, 0) is 23.8 Å². The molecule has 2 rings (SSSR count). The standard InChI is InChI=1S/C10H9BrFNO2S/c1-16(14,15)13-3-2-9-7(6-11)4-8(12)5-10(9)13/h2-5H,6H2,1H3. The van der Waals surface area contributed by atoms with Crippen LogP contribution in [0, 0.1) is 5.82 Å². The highest BCUT2D eigenvalue weighted by atomic mass is 79.9. The topological polar surface area (TPSA) is 39.1 Å². The van der Waals surface area contributed by atoms with Crippen molar-refractivity contribution in [2.24, 2.45) is 0 Å². The highest BCUT2D eigenvalue weighted by molar-refractivity contribution is 9.08. The van der Waals surface area contributed by atoms with E-state index in [1.807, 2.05) is 0 Å². The maximum absolute atomic E-state index is 13.3. The summed E-state index contributed by atoms with van der Waals surface area (Å²) >= 11 is 3.25. The molecule has 0 radical (unpaired) electrons. The second-order valence-corrected chi connectivity index (χ2v) is 5.93. The van der Waals surface area contributed by atoms with Gasteiger partial charge < -0.3 is 0 Å². The van der Waals surface area contributed by atoms with Crippen LogP contribution < -0.4 is 0 Å². The Morgan fingerprint density at radius 3 is 2.69 bits per heavy atom. The number of halogens is 2. The average Bonchev–Trinajstić information content (AvgIpc) is 2.58. The molecule has 86 valence electrons. The van der Waals surface area contributed by atoms with Crippen molar-refractivity contribution in [2.45, 2.75) is 5.33 Å². The van der Waals surface area contributed by atoms with E-state index < -0.39 is 15.8 Å². The van der Waals surface area contributed by atoms with Crippen LogP contribution in [-0.4, -0.2) is 18.6 Å². The zero-order valence-electron chi connectivity index (χ0n) is 8.44. The molecule has 3 nitrogen and oxygen atoms in total. The van der Waals surface area contributed by atoms with Crippen molar-refractivity contribution in [3.63, 3.8) is 0 Å². The molecule has 0 aliphatic heterocycles. The minimum Gasteiger partial charge on any atom is -0.245 e. The van der Waals surface area contributed by atoms with E-state index in [1.165, 1.54) is 18.3 Å². The first-order valence-corrected chi connectivity index (χ1v) is 7.46. The lowest BCUT2D eigenvalue weighted by Gasteiger charge is -2.04. The number of benzene rings is 1. The van der Waals surface area contributed by atoms with Crippen molar-refractivity contribution in [2.75, 3.05) is 6.26 Å². The first kappa shape index (κ1) is 11.6. The normalized spacial score (nSPS) is 12.2. The summed E-state index contributed by atoms with van der Waals surface area (Å²) in [5, 5.41) is 1.22. The summed E-state index contributed by atoms with van der Waals surface area (Å²) in [5.41, 5.74) is 1.11. The zero-order chi connectivity index (χ0) is 11.9. The number of hydrogen-bond donors (Lipinski definition) is 0. The van der Waals surface area contributed by atoms with Crippen LogP contribution in [0.4, 0.5) is 4.39 Å². The molecular formula is C10H9BrFNO2S. The molecule has 0 fully saturated rings.